The normalized spacial score (nSPS) is 22.3. The van der Waals surface area contributed by atoms with Gasteiger partial charge in [0.2, 0.25) is 0 Å². The lowest BCUT2D eigenvalue weighted by Gasteiger charge is -2.33. The summed E-state index contributed by atoms with van der Waals surface area (Å²) in [6, 6.07) is 10.5. The molecule has 246 valence electrons. The lowest BCUT2D eigenvalue weighted by atomic mass is 9.91. The number of alkyl halides is 3. The van der Waals surface area contributed by atoms with Gasteiger partial charge in [-0.2, -0.15) is 18.4 Å². The van der Waals surface area contributed by atoms with Crippen LogP contribution >= 0.6 is 11.3 Å². The van der Waals surface area contributed by atoms with E-state index < -0.39 is 22.3 Å². The predicted molar refractivity (Wildman–Crippen MR) is 181 cm³/mol. The molecule has 0 bridgehead atoms. The Kier molecular flexibility index (Phi) is 9.10. The summed E-state index contributed by atoms with van der Waals surface area (Å²) >= 11 is 1.08. The molecule has 2 aliphatic rings. The minimum Gasteiger partial charge on any atom is -0.367 e. The van der Waals surface area contributed by atoms with Gasteiger partial charge < -0.3 is 9.88 Å². The van der Waals surface area contributed by atoms with Gasteiger partial charge in [0.25, 0.3) is 0 Å². The summed E-state index contributed by atoms with van der Waals surface area (Å²) in [6.45, 7) is 10.1. The molecule has 0 aliphatic carbocycles. The highest BCUT2D eigenvalue weighted by Gasteiger charge is 2.30. The van der Waals surface area contributed by atoms with Gasteiger partial charge in [0.15, 0.2) is 0 Å². The molecule has 0 spiro atoms. The van der Waals surface area contributed by atoms with Crippen molar-refractivity contribution in [1.82, 2.24) is 24.2 Å². The number of likely N-dealkylation sites (tertiary alicyclic amines) is 1. The van der Waals surface area contributed by atoms with Gasteiger partial charge in [-0.1, -0.05) is 13.0 Å². The molecule has 3 atom stereocenters. The van der Waals surface area contributed by atoms with Crippen LogP contribution in [0.25, 0.3) is 21.1 Å². The molecule has 8 nitrogen and oxygen atoms in total. The molecule has 2 fully saturated rings. The van der Waals surface area contributed by atoms with E-state index in [1.165, 1.54) is 11.1 Å². The van der Waals surface area contributed by atoms with E-state index in [-0.39, 0.29) is 10.9 Å². The number of rotatable bonds is 8. The average molecular weight is 672 g/mol. The summed E-state index contributed by atoms with van der Waals surface area (Å²) < 4.78 is 56.5. The van der Waals surface area contributed by atoms with Crippen LogP contribution in [-0.4, -0.2) is 67.1 Å². The van der Waals surface area contributed by atoms with E-state index in [1.807, 2.05) is 6.07 Å². The number of fused-ring (bicyclic) bond motifs is 2. The summed E-state index contributed by atoms with van der Waals surface area (Å²) in [4.78, 5) is 12.2. The minimum atomic E-state index is -4.26. The van der Waals surface area contributed by atoms with Crippen molar-refractivity contribution in [2.75, 3.05) is 30.7 Å². The van der Waals surface area contributed by atoms with E-state index in [2.05, 4.69) is 67.4 Å². The molecule has 0 saturated carbocycles. The second-order valence-corrected chi connectivity index (χ2v) is 16.4. The molecular formula is C33H40F3N7OS2. The Morgan fingerprint density at radius 1 is 1.20 bits per heavy atom. The Morgan fingerprint density at radius 3 is 2.63 bits per heavy atom. The van der Waals surface area contributed by atoms with Crippen LogP contribution in [0.1, 0.15) is 53.7 Å². The Morgan fingerprint density at radius 2 is 1.96 bits per heavy atom. The van der Waals surface area contributed by atoms with Gasteiger partial charge in [-0.15, -0.1) is 11.3 Å². The highest BCUT2D eigenvalue weighted by atomic mass is 32.2. The van der Waals surface area contributed by atoms with Gasteiger partial charge in [-0.25, -0.2) is 14.7 Å². The fourth-order valence-corrected chi connectivity index (χ4v) is 9.27. The molecule has 2 aliphatic heterocycles. The van der Waals surface area contributed by atoms with Crippen molar-refractivity contribution in [3.05, 3.63) is 51.8 Å². The molecule has 2 unspecified atom stereocenters. The highest BCUT2D eigenvalue weighted by Crippen LogP contribution is 2.34. The fraction of sp³-hybridized carbons (Fsp3) is 0.515. The maximum absolute atomic E-state index is 13.0. The number of aromatic nitrogens is 3. The van der Waals surface area contributed by atoms with Crippen molar-refractivity contribution < 1.29 is 17.4 Å². The third kappa shape index (κ3) is 7.20. The highest BCUT2D eigenvalue weighted by molar-refractivity contribution is 7.98. The van der Waals surface area contributed by atoms with Gasteiger partial charge in [0.1, 0.15) is 28.2 Å². The molecular weight excluding hydrogens is 632 g/mol. The van der Waals surface area contributed by atoms with Gasteiger partial charge >= 0.3 is 6.18 Å². The monoisotopic (exact) mass is 671 g/mol. The number of nitriles is 1. The van der Waals surface area contributed by atoms with Crippen molar-refractivity contribution in [1.29, 1.82) is 5.26 Å². The minimum absolute atomic E-state index is 0.164. The van der Waals surface area contributed by atoms with E-state index in [0.717, 1.165) is 67.7 Å². The number of nitrogens with zero attached hydrogens (tertiary/aromatic N) is 5. The molecule has 6 rings (SSSR count). The maximum Gasteiger partial charge on any atom is 0.393 e. The summed E-state index contributed by atoms with van der Waals surface area (Å²) in [5.74, 6) is 6.22. The molecule has 0 amide bonds. The van der Waals surface area contributed by atoms with Crippen LogP contribution in [0.2, 0.25) is 0 Å². The first kappa shape index (κ1) is 32.7. The van der Waals surface area contributed by atoms with Crippen molar-refractivity contribution in [2.24, 2.45) is 11.8 Å². The zero-order valence-electron chi connectivity index (χ0n) is 26.4. The van der Waals surface area contributed by atoms with Crippen LogP contribution in [-0.2, 0) is 29.2 Å². The third-order valence-electron chi connectivity index (χ3n) is 9.54. The standard InChI is InChI=1S/C33H40F3N7OS2/c1-20(23-9-12-46(4,44)38-17-23)18-43-26(16-37)13-28-21(2)24(5-6-30(28)43)19-42-10-7-25(8-11-42)41-31-29-14-27(15-33(34,35)36)45-32(29)40-22(3)39-31/h5-6,13-14,20,23,25H,4,7-12,15,17-19H2,1-3H3,(H,38,44)(H,39,40,41)/t20-,23?,46?/m0/s1. The summed E-state index contributed by atoms with van der Waals surface area (Å²) in [7, 11) is -2.17. The smallest absolute Gasteiger partial charge is 0.367 e. The van der Waals surface area contributed by atoms with Crippen LogP contribution in [0.3, 0.4) is 0 Å². The number of hydrogen-bond acceptors (Lipinski definition) is 7. The van der Waals surface area contributed by atoms with Gasteiger partial charge in [-0.3, -0.25) is 9.11 Å². The van der Waals surface area contributed by atoms with Crippen LogP contribution in [0.5, 0.6) is 0 Å². The molecule has 0 radical (unpaired) electrons. The van der Waals surface area contributed by atoms with Gasteiger partial charge in [0.05, 0.1) is 11.8 Å². The molecule has 1 aromatic carbocycles. The van der Waals surface area contributed by atoms with E-state index in [0.29, 0.717) is 51.7 Å². The Bertz CT molecular complexity index is 1890. The topological polar surface area (TPSA) is 98.9 Å². The number of nitrogens with one attached hydrogen (secondary N) is 2. The number of hydrogen-bond donors (Lipinski definition) is 2. The van der Waals surface area contributed by atoms with Gasteiger partial charge in [-0.05, 0) is 80.1 Å². The molecule has 2 N–H and O–H groups in total. The molecule has 13 heteroatoms. The zero-order chi connectivity index (χ0) is 32.8. The first-order valence-electron chi connectivity index (χ1n) is 15.7. The summed E-state index contributed by atoms with van der Waals surface area (Å²) in [5.41, 5.74) is 4.14. The molecule has 5 heterocycles. The summed E-state index contributed by atoms with van der Waals surface area (Å²) in [6.07, 6.45) is -2.58. The van der Waals surface area contributed by atoms with Crippen molar-refractivity contribution in [2.45, 2.75) is 71.8 Å². The Labute approximate surface area is 272 Å². The molecule has 4 aromatic rings. The van der Waals surface area contributed by atoms with Crippen LogP contribution in [0.15, 0.2) is 24.3 Å². The molecule has 3 aromatic heterocycles. The predicted octanol–water partition coefficient (Wildman–Crippen LogP) is 6.19. The average Bonchev–Trinajstić information content (AvgIpc) is 3.55. The molecule has 2 saturated heterocycles. The number of benzene rings is 1. The SMILES string of the molecule is C=S1(=O)CCC([C@@H](C)Cn2c(C#N)cc3c(C)c(CN4CCC(Nc5nc(C)nc6sc(CC(F)(F)F)cc56)CC4)ccc32)CN1. The number of thiophene rings is 1. The van der Waals surface area contributed by atoms with E-state index >= 15 is 0 Å². The number of aryl methyl sites for hydroxylation is 2. The second kappa shape index (κ2) is 12.8. The first-order valence-corrected chi connectivity index (χ1v) is 18.4. The maximum atomic E-state index is 13.0. The third-order valence-corrected chi connectivity index (χ3v) is 12.2. The van der Waals surface area contributed by atoms with Crippen molar-refractivity contribution in [3.8, 4) is 6.07 Å². The van der Waals surface area contributed by atoms with Gasteiger partial charge in [0, 0.05) is 70.0 Å². The van der Waals surface area contributed by atoms with Crippen molar-refractivity contribution in [3.63, 3.8) is 0 Å². The van der Waals surface area contributed by atoms with E-state index in [9.17, 15) is 22.6 Å². The number of halogens is 3. The Balaban J connectivity index is 1.11. The zero-order valence-corrected chi connectivity index (χ0v) is 28.0. The van der Waals surface area contributed by atoms with Crippen LogP contribution in [0, 0.1) is 37.0 Å². The van der Waals surface area contributed by atoms with E-state index in [1.54, 1.807) is 13.0 Å². The lowest BCUT2D eigenvalue weighted by Crippen LogP contribution is -2.40. The lowest BCUT2D eigenvalue weighted by molar-refractivity contribution is -0.126. The number of piperidine rings is 1. The summed E-state index contributed by atoms with van der Waals surface area (Å²) in [5, 5.41) is 15.3. The van der Waals surface area contributed by atoms with E-state index in [4.69, 9.17) is 0 Å². The van der Waals surface area contributed by atoms with Crippen molar-refractivity contribution >= 4 is 53.9 Å². The first-order chi connectivity index (χ1) is 21.8. The van der Waals surface area contributed by atoms with Crippen LogP contribution < -0.4 is 10.0 Å². The number of anilines is 1. The molecule has 46 heavy (non-hydrogen) atoms. The quantitative estimate of drug-likeness (QED) is 0.217. The van der Waals surface area contributed by atoms with Crippen LogP contribution in [0.4, 0.5) is 19.0 Å². The largest absolute Gasteiger partial charge is 0.393 e. The second-order valence-electron chi connectivity index (χ2n) is 13.0. The Hall–Kier alpha value is -3.18. The fourth-order valence-electron chi connectivity index (χ4n) is 6.82.